The van der Waals surface area contributed by atoms with Crippen LogP contribution in [0.3, 0.4) is 0 Å². The van der Waals surface area contributed by atoms with Crippen molar-refractivity contribution in [2.24, 2.45) is 0 Å². The van der Waals surface area contributed by atoms with Crippen molar-refractivity contribution < 1.29 is 54.1 Å². The van der Waals surface area contributed by atoms with Crippen molar-refractivity contribution >= 4 is 11.9 Å². The Labute approximate surface area is 114 Å². The molecule has 1 aromatic rings. The number of hydrogen-bond donors (Lipinski definition) is 1. The second-order valence-electron chi connectivity index (χ2n) is 2.73. The van der Waals surface area contributed by atoms with Crippen molar-refractivity contribution in [3.05, 3.63) is 35.4 Å². The zero-order valence-electron chi connectivity index (χ0n) is 8.80. The smallest absolute Gasteiger partial charge is 0.545 e. The SMILES string of the molecule is O=C([O-])c1cccc(C(=O)OCCO)c1.[Na+]. The first-order valence-electron chi connectivity index (χ1n) is 4.24. The van der Waals surface area contributed by atoms with E-state index >= 15 is 0 Å². The molecule has 0 aliphatic heterocycles. The molecular weight excluding hydrogens is 223 g/mol. The molecule has 0 bridgehead atoms. The van der Waals surface area contributed by atoms with Crippen LogP contribution in [0.2, 0.25) is 0 Å². The van der Waals surface area contributed by atoms with Crippen LogP contribution >= 0.6 is 0 Å². The molecule has 0 unspecified atom stereocenters. The van der Waals surface area contributed by atoms with Gasteiger partial charge >= 0.3 is 35.5 Å². The molecule has 0 radical (unpaired) electrons. The van der Waals surface area contributed by atoms with Crippen molar-refractivity contribution in [1.82, 2.24) is 0 Å². The van der Waals surface area contributed by atoms with Gasteiger partial charge in [-0.3, -0.25) is 0 Å². The maximum absolute atomic E-state index is 11.2. The summed E-state index contributed by atoms with van der Waals surface area (Å²) in [6.45, 7) is -0.389. The average molecular weight is 232 g/mol. The van der Waals surface area contributed by atoms with Gasteiger partial charge in [-0.05, 0) is 17.7 Å². The summed E-state index contributed by atoms with van der Waals surface area (Å²) in [6, 6.07) is 5.32. The molecule has 5 nitrogen and oxygen atoms in total. The van der Waals surface area contributed by atoms with Gasteiger partial charge in [0.05, 0.1) is 18.1 Å². The fraction of sp³-hybridized carbons (Fsp3) is 0.200. The maximum atomic E-state index is 11.2. The fourth-order valence-electron chi connectivity index (χ4n) is 0.995. The van der Waals surface area contributed by atoms with E-state index in [0.717, 1.165) is 6.07 Å². The number of aliphatic hydroxyl groups is 1. The molecule has 0 amide bonds. The van der Waals surface area contributed by atoms with E-state index in [2.05, 4.69) is 4.74 Å². The maximum Gasteiger partial charge on any atom is 1.00 e. The number of benzene rings is 1. The van der Waals surface area contributed by atoms with Crippen LogP contribution in [-0.2, 0) is 4.74 Å². The van der Waals surface area contributed by atoms with Crippen LogP contribution < -0.4 is 34.7 Å². The van der Waals surface area contributed by atoms with Crippen molar-refractivity contribution in [3.63, 3.8) is 0 Å². The molecule has 16 heavy (non-hydrogen) atoms. The number of carbonyl (C=O) groups excluding carboxylic acids is 2. The van der Waals surface area contributed by atoms with E-state index in [1.165, 1.54) is 18.2 Å². The molecule has 0 heterocycles. The minimum atomic E-state index is -1.35. The number of aliphatic hydroxyl groups excluding tert-OH is 1. The van der Waals surface area contributed by atoms with E-state index in [1.54, 1.807) is 0 Å². The van der Waals surface area contributed by atoms with Gasteiger partial charge in [-0.1, -0.05) is 12.1 Å². The molecule has 0 atom stereocenters. The minimum Gasteiger partial charge on any atom is -0.545 e. The predicted molar refractivity (Wildman–Crippen MR) is 48.1 cm³/mol. The third kappa shape index (κ3) is 4.32. The Hall–Kier alpha value is -0.880. The molecule has 0 aliphatic rings. The molecule has 0 aliphatic carbocycles. The van der Waals surface area contributed by atoms with Crippen LogP contribution in [0, 0.1) is 0 Å². The van der Waals surface area contributed by atoms with Crippen LogP contribution in [0.25, 0.3) is 0 Å². The van der Waals surface area contributed by atoms with Crippen LogP contribution in [0.5, 0.6) is 0 Å². The van der Waals surface area contributed by atoms with Gasteiger partial charge in [0.15, 0.2) is 0 Å². The van der Waals surface area contributed by atoms with E-state index < -0.39 is 11.9 Å². The van der Waals surface area contributed by atoms with E-state index in [0.29, 0.717) is 0 Å². The summed E-state index contributed by atoms with van der Waals surface area (Å²) in [5.74, 6) is -2.03. The Bertz CT molecular complexity index is 377. The van der Waals surface area contributed by atoms with Crippen molar-refractivity contribution in [3.8, 4) is 0 Å². The molecule has 6 heteroatoms. The van der Waals surface area contributed by atoms with E-state index in [9.17, 15) is 14.7 Å². The molecule has 80 valence electrons. The van der Waals surface area contributed by atoms with E-state index in [1.807, 2.05) is 0 Å². The summed E-state index contributed by atoms with van der Waals surface area (Å²) in [7, 11) is 0. The van der Waals surface area contributed by atoms with Gasteiger partial charge < -0.3 is 19.7 Å². The summed E-state index contributed by atoms with van der Waals surface area (Å²) in [6.07, 6.45) is 0. The second-order valence-corrected chi connectivity index (χ2v) is 2.73. The number of carboxylic acid groups (broad SMARTS) is 1. The third-order valence-electron chi connectivity index (χ3n) is 1.66. The Morgan fingerprint density at radius 2 is 1.94 bits per heavy atom. The predicted octanol–water partition coefficient (Wildman–Crippen LogP) is -3.80. The van der Waals surface area contributed by atoms with Gasteiger partial charge in [0.25, 0.3) is 0 Å². The van der Waals surface area contributed by atoms with Crippen molar-refractivity contribution in [1.29, 1.82) is 0 Å². The first-order valence-corrected chi connectivity index (χ1v) is 4.24. The van der Waals surface area contributed by atoms with E-state index in [-0.39, 0.29) is 53.9 Å². The van der Waals surface area contributed by atoms with Gasteiger partial charge in [0, 0.05) is 0 Å². The number of hydrogen-bond acceptors (Lipinski definition) is 5. The van der Waals surface area contributed by atoms with Crippen LogP contribution in [-0.4, -0.2) is 30.3 Å². The summed E-state index contributed by atoms with van der Waals surface area (Å²) in [4.78, 5) is 21.7. The molecular formula is C10H9NaO5. The standard InChI is InChI=1S/C10H10O5.Na/c11-4-5-15-10(14)8-3-1-2-7(6-8)9(12)13;/h1-3,6,11H,4-5H2,(H,12,13);/q;+1/p-1. The van der Waals surface area contributed by atoms with Gasteiger partial charge in [-0.25, -0.2) is 4.79 Å². The Morgan fingerprint density at radius 3 is 2.50 bits per heavy atom. The second kappa shape index (κ2) is 7.40. The molecule has 1 rings (SSSR count). The normalized spacial score (nSPS) is 9.06. The zero-order valence-corrected chi connectivity index (χ0v) is 10.8. The first-order chi connectivity index (χ1) is 7.15. The number of rotatable bonds is 4. The fourth-order valence-corrected chi connectivity index (χ4v) is 0.995. The van der Waals surface area contributed by atoms with Gasteiger partial charge in [0.1, 0.15) is 6.61 Å². The monoisotopic (exact) mass is 232 g/mol. The molecule has 0 aromatic heterocycles. The molecule has 0 saturated heterocycles. The zero-order chi connectivity index (χ0) is 11.3. The van der Waals surface area contributed by atoms with Crippen LogP contribution in [0.4, 0.5) is 0 Å². The molecule has 0 spiro atoms. The molecule has 1 aromatic carbocycles. The largest absolute Gasteiger partial charge is 1.00 e. The topological polar surface area (TPSA) is 86.7 Å². The summed E-state index contributed by atoms with van der Waals surface area (Å²) < 4.78 is 4.61. The first kappa shape index (κ1) is 15.1. The van der Waals surface area contributed by atoms with Crippen molar-refractivity contribution in [2.45, 2.75) is 0 Å². The summed E-state index contributed by atoms with van der Waals surface area (Å²) >= 11 is 0. The minimum absolute atomic E-state index is 0. The van der Waals surface area contributed by atoms with Gasteiger partial charge in [0.2, 0.25) is 0 Å². The Kier molecular flexibility index (Phi) is 7.00. The van der Waals surface area contributed by atoms with Crippen molar-refractivity contribution in [2.75, 3.05) is 13.2 Å². The van der Waals surface area contributed by atoms with Crippen LogP contribution in [0.15, 0.2) is 24.3 Å². The summed E-state index contributed by atoms with van der Waals surface area (Å²) in [5, 5.41) is 18.9. The third-order valence-corrected chi connectivity index (χ3v) is 1.66. The average Bonchev–Trinajstić information content (AvgIpc) is 2.26. The number of carbonyl (C=O) groups is 2. The quantitative estimate of drug-likeness (QED) is 0.425. The van der Waals surface area contributed by atoms with E-state index in [4.69, 9.17) is 5.11 Å². The summed E-state index contributed by atoms with van der Waals surface area (Å²) in [5.41, 5.74) is 0.0265. The number of esters is 1. The Balaban J connectivity index is 0.00000225. The Morgan fingerprint density at radius 1 is 1.31 bits per heavy atom. The molecule has 1 N–H and O–H groups in total. The van der Waals surface area contributed by atoms with Gasteiger partial charge in [-0.15, -0.1) is 0 Å². The van der Waals surface area contributed by atoms with Gasteiger partial charge in [-0.2, -0.15) is 0 Å². The number of aromatic carboxylic acids is 1. The number of carboxylic acids is 1. The molecule has 0 saturated carbocycles. The number of ether oxygens (including phenoxy) is 1. The van der Waals surface area contributed by atoms with Crippen LogP contribution in [0.1, 0.15) is 20.7 Å². The molecule has 0 fully saturated rings.